The molecule has 0 amide bonds. The number of rotatable bonds is 5. The Kier molecular flexibility index (Phi) is 4.25. The summed E-state index contributed by atoms with van der Waals surface area (Å²) in [5.74, 6) is -0.610. The second-order valence-electron chi connectivity index (χ2n) is 5.18. The van der Waals surface area contributed by atoms with E-state index in [1.165, 1.54) is 5.56 Å². The summed E-state index contributed by atoms with van der Waals surface area (Å²) in [6, 6.07) is 8.07. The highest BCUT2D eigenvalue weighted by atomic mass is 16.5. The van der Waals surface area contributed by atoms with Crippen molar-refractivity contribution < 1.29 is 14.6 Å². The van der Waals surface area contributed by atoms with Crippen LogP contribution in [0.3, 0.4) is 0 Å². The van der Waals surface area contributed by atoms with Gasteiger partial charge >= 0.3 is 5.97 Å². The molecule has 0 heterocycles. The van der Waals surface area contributed by atoms with Gasteiger partial charge < -0.3 is 9.84 Å². The molecule has 104 valence electrons. The predicted octanol–water partition coefficient (Wildman–Crippen LogP) is 2.81. The Hall–Kier alpha value is -1.35. The monoisotopic (exact) mass is 262 g/mol. The maximum Gasteiger partial charge on any atom is 0.338 e. The minimum Gasteiger partial charge on any atom is -0.464 e. The fourth-order valence-electron chi connectivity index (χ4n) is 3.11. The van der Waals surface area contributed by atoms with Crippen molar-refractivity contribution in [2.24, 2.45) is 0 Å². The molecular formula is C16H22O3. The quantitative estimate of drug-likeness (QED) is 0.830. The number of aliphatic hydroxyl groups is 1. The van der Waals surface area contributed by atoms with Crippen LogP contribution < -0.4 is 0 Å². The van der Waals surface area contributed by atoms with E-state index in [1.807, 2.05) is 25.1 Å². The molecule has 3 nitrogen and oxygen atoms in total. The van der Waals surface area contributed by atoms with Crippen LogP contribution in [0.15, 0.2) is 24.3 Å². The van der Waals surface area contributed by atoms with Crippen LogP contribution in [0.25, 0.3) is 0 Å². The molecule has 2 unspecified atom stereocenters. The SMILES string of the molecule is CCCC(O)(C(=O)OCC)C1CCc2ccccc21. The Morgan fingerprint density at radius 3 is 2.84 bits per heavy atom. The normalized spacial score (nSPS) is 20.7. The lowest BCUT2D eigenvalue weighted by atomic mass is 9.80. The van der Waals surface area contributed by atoms with E-state index in [9.17, 15) is 9.90 Å². The van der Waals surface area contributed by atoms with Crippen molar-refractivity contribution >= 4 is 5.97 Å². The number of ether oxygens (including phenoxy) is 1. The summed E-state index contributed by atoms with van der Waals surface area (Å²) in [7, 11) is 0. The van der Waals surface area contributed by atoms with E-state index < -0.39 is 11.6 Å². The Morgan fingerprint density at radius 1 is 1.42 bits per heavy atom. The summed E-state index contributed by atoms with van der Waals surface area (Å²) in [5.41, 5.74) is 0.968. The number of hydrogen-bond acceptors (Lipinski definition) is 3. The average molecular weight is 262 g/mol. The van der Waals surface area contributed by atoms with Gasteiger partial charge in [-0.1, -0.05) is 37.6 Å². The molecule has 1 aromatic carbocycles. The highest BCUT2D eigenvalue weighted by Gasteiger charge is 2.47. The zero-order valence-corrected chi connectivity index (χ0v) is 11.7. The van der Waals surface area contributed by atoms with Crippen molar-refractivity contribution in [3.05, 3.63) is 35.4 Å². The molecule has 1 aliphatic rings. The second kappa shape index (κ2) is 5.74. The van der Waals surface area contributed by atoms with Gasteiger partial charge in [-0.15, -0.1) is 0 Å². The number of esters is 1. The van der Waals surface area contributed by atoms with Crippen LogP contribution in [0.1, 0.15) is 50.2 Å². The standard InChI is InChI=1S/C16H22O3/c1-3-11-16(18,15(17)19-4-2)14-10-9-12-7-5-6-8-13(12)14/h5-8,14,18H,3-4,9-11H2,1-2H3. The topological polar surface area (TPSA) is 46.5 Å². The average Bonchev–Trinajstić information content (AvgIpc) is 2.83. The highest BCUT2D eigenvalue weighted by Crippen LogP contribution is 2.43. The lowest BCUT2D eigenvalue weighted by Crippen LogP contribution is -2.45. The predicted molar refractivity (Wildman–Crippen MR) is 74.0 cm³/mol. The van der Waals surface area contributed by atoms with Gasteiger partial charge in [0.05, 0.1) is 6.61 Å². The van der Waals surface area contributed by atoms with Crippen LogP contribution in [0, 0.1) is 0 Å². The van der Waals surface area contributed by atoms with Crippen LogP contribution in [-0.2, 0) is 16.0 Å². The highest BCUT2D eigenvalue weighted by molar-refractivity contribution is 5.81. The number of aryl methyl sites for hydroxylation is 1. The summed E-state index contributed by atoms with van der Waals surface area (Å²) < 4.78 is 5.10. The van der Waals surface area contributed by atoms with Crippen LogP contribution in [0.4, 0.5) is 0 Å². The molecule has 1 aliphatic carbocycles. The van der Waals surface area contributed by atoms with Crippen LogP contribution in [0.2, 0.25) is 0 Å². The van der Waals surface area contributed by atoms with Crippen molar-refractivity contribution in [3.8, 4) is 0 Å². The number of carbonyl (C=O) groups excluding carboxylic acids is 1. The third kappa shape index (κ3) is 2.52. The molecule has 0 bridgehead atoms. The molecule has 0 radical (unpaired) electrons. The van der Waals surface area contributed by atoms with Gasteiger partial charge in [-0.05, 0) is 37.3 Å². The van der Waals surface area contributed by atoms with E-state index in [-0.39, 0.29) is 5.92 Å². The maximum atomic E-state index is 12.2. The lowest BCUT2D eigenvalue weighted by molar-refractivity contribution is -0.168. The van der Waals surface area contributed by atoms with Crippen LogP contribution in [-0.4, -0.2) is 23.3 Å². The minimum atomic E-state index is -1.38. The first-order valence-electron chi connectivity index (χ1n) is 7.10. The van der Waals surface area contributed by atoms with Gasteiger partial charge in [0.15, 0.2) is 5.60 Å². The molecule has 0 saturated heterocycles. The van der Waals surface area contributed by atoms with Gasteiger partial charge in [-0.2, -0.15) is 0 Å². The van der Waals surface area contributed by atoms with Crippen molar-refractivity contribution in [3.63, 3.8) is 0 Å². The number of carbonyl (C=O) groups is 1. The zero-order chi connectivity index (χ0) is 13.9. The molecule has 2 rings (SSSR count). The van der Waals surface area contributed by atoms with Gasteiger partial charge in [0, 0.05) is 5.92 Å². The Labute approximate surface area is 114 Å². The first-order valence-corrected chi connectivity index (χ1v) is 7.10. The fraction of sp³-hybridized carbons (Fsp3) is 0.562. The summed E-state index contributed by atoms with van der Waals surface area (Å²) >= 11 is 0. The first-order chi connectivity index (χ1) is 9.13. The Balaban J connectivity index is 2.33. The van der Waals surface area contributed by atoms with Crippen molar-refractivity contribution in [2.45, 2.75) is 51.0 Å². The van der Waals surface area contributed by atoms with Crippen LogP contribution in [0.5, 0.6) is 0 Å². The van der Waals surface area contributed by atoms with Crippen LogP contribution >= 0.6 is 0 Å². The molecule has 0 fully saturated rings. The number of hydrogen-bond donors (Lipinski definition) is 1. The molecule has 0 saturated carbocycles. The second-order valence-corrected chi connectivity index (χ2v) is 5.18. The molecule has 19 heavy (non-hydrogen) atoms. The molecule has 0 aliphatic heterocycles. The molecule has 1 N–H and O–H groups in total. The van der Waals surface area contributed by atoms with Gasteiger partial charge in [-0.25, -0.2) is 4.79 Å². The summed E-state index contributed by atoms with van der Waals surface area (Å²) in [6.07, 6.45) is 2.94. The largest absolute Gasteiger partial charge is 0.464 e. The van der Waals surface area contributed by atoms with Gasteiger partial charge in [0.2, 0.25) is 0 Å². The fourth-order valence-corrected chi connectivity index (χ4v) is 3.11. The van der Waals surface area contributed by atoms with E-state index in [4.69, 9.17) is 4.74 Å². The zero-order valence-electron chi connectivity index (χ0n) is 11.7. The third-order valence-electron chi connectivity index (χ3n) is 3.97. The molecule has 0 spiro atoms. The summed E-state index contributed by atoms with van der Waals surface area (Å²) in [6.45, 7) is 4.05. The van der Waals surface area contributed by atoms with E-state index >= 15 is 0 Å². The minimum absolute atomic E-state index is 0.136. The lowest BCUT2D eigenvalue weighted by Gasteiger charge is -2.32. The number of benzene rings is 1. The summed E-state index contributed by atoms with van der Waals surface area (Å²) in [5, 5.41) is 10.9. The van der Waals surface area contributed by atoms with Gasteiger partial charge in [0.25, 0.3) is 0 Å². The molecule has 2 atom stereocenters. The molecule has 1 aromatic rings. The van der Waals surface area contributed by atoms with Crippen molar-refractivity contribution in [1.29, 1.82) is 0 Å². The smallest absolute Gasteiger partial charge is 0.338 e. The first kappa shape index (κ1) is 14.1. The summed E-state index contributed by atoms with van der Waals surface area (Å²) in [4.78, 5) is 12.2. The Bertz CT molecular complexity index is 455. The van der Waals surface area contributed by atoms with Gasteiger partial charge in [0.1, 0.15) is 0 Å². The van der Waals surface area contributed by atoms with E-state index in [0.717, 1.165) is 24.8 Å². The van der Waals surface area contributed by atoms with E-state index in [1.54, 1.807) is 6.92 Å². The van der Waals surface area contributed by atoms with E-state index in [2.05, 4.69) is 6.07 Å². The third-order valence-corrected chi connectivity index (χ3v) is 3.97. The molecular weight excluding hydrogens is 240 g/mol. The molecule has 0 aromatic heterocycles. The van der Waals surface area contributed by atoms with Crippen molar-refractivity contribution in [1.82, 2.24) is 0 Å². The van der Waals surface area contributed by atoms with E-state index in [0.29, 0.717) is 13.0 Å². The van der Waals surface area contributed by atoms with Crippen molar-refractivity contribution in [2.75, 3.05) is 6.61 Å². The molecule has 3 heteroatoms. The van der Waals surface area contributed by atoms with Gasteiger partial charge in [-0.3, -0.25) is 0 Å². The Morgan fingerprint density at radius 2 is 2.16 bits per heavy atom. The number of fused-ring (bicyclic) bond motifs is 1. The maximum absolute atomic E-state index is 12.2.